The van der Waals surface area contributed by atoms with E-state index < -0.39 is 0 Å². The number of hydrogen-bond donors (Lipinski definition) is 2. The van der Waals surface area contributed by atoms with Gasteiger partial charge >= 0.3 is 0 Å². The number of rotatable bonds is 5. The van der Waals surface area contributed by atoms with E-state index in [4.69, 9.17) is 9.84 Å². The summed E-state index contributed by atoms with van der Waals surface area (Å²) in [5.41, 5.74) is 2.44. The lowest BCUT2D eigenvalue weighted by Crippen LogP contribution is -2.31. The SMILES string of the molecule is CCC(CO)NCc1cc(Br)cc2c1OCC2. The largest absolute Gasteiger partial charge is 0.493 e. The minimum absolute atomic E-state index is 0.158. The van der Waals surface area contributed by atoms with Crippen molar-refractivity contribution in [2.24, 2.45) is 0 Å². The van der Waals surface area contributed by atoms with Crippen LogP contribution in [-0.4, -0.2) is 24.4 Å². The first-order valence-electron chi connectivity index (χ1n) is 6.03. The molecule has 1 aromatic carbocycles. The number of nitrogens with one attached hydrogen (secondary N) is 1. The van der Waals surface area contributed by atoms with E-state index in [1.54, 1.807) is 0 Å². The number of hydrogen-bond acceptors (Lipinski definition) is 3. The Bertz CT molecular complexity index is 391. The molecule has 0 aromatic heterocycles. The molecule has 2 N–H and O–H groups in total. The van der Waals surface area contributed by atoms with Gasteiger partial charge in [-0.05, 0) is 24.1 Å². The van der Waals surface area contributed by atoms with Crippen LogP contribution in [0.2, 0.25) is 0 Å². The summed E-state index contributed by atoms with van der Waals surface area (Å²) in [5, 5.41) is 12.5. The fourth-order valence-electron chi connectivity index (χ4n) is 2.07. The molecule has 1 aliphatic rings. The molecule has 1 unspecified atom stereocenters. The summed E-state index contributed by atoms with van der Waals surface area (Å²) >= 11 is 3.52. The van der Waals surface area contributed by atoms with Gasteiger partial charge < -0.3 is 15.2 Å². The Kier molecular flexibility index (Phi) is 4.42. The molecular formula is C13H18BrNO2. The molecule has 94 valence electrons. The summed E-state index contributed by atoms with van der Waals surface area (Å²) in [7, 11) is 0. The monoisotopic (exact) mass is 299 g/mol. The number of halogens is 1. The average Bonchev–Trinajstić information content (AvgIpc) is 2.78. The molecule has 0 spiro atoms. The summed E-state index contributed by atoms with van der Waals surface area (Å²) in [6.45, 7) is 3.75. The first-order chi connectivity index (χ1) is 8.24. The van der Waals surface area contributed by atoms with Gasteiger partial charge in [-0.2, -0.15) is 0 Å². The lowest BCUT2D eigenvalue weighted by Gasteiger charge is -2.15. The molecule has 17 heavy (non-hydrogen) atoms. The second kappa shape index (κ2) is 5.85. The Morgan fingerprint density at radius 2 is 2.35 bits per heavy atom. The smallest absolute Gasteiger partial charge is 0.127 e. The number of benzene rings is 1. The van der Waals surface area contributed by atoms with Gasteiger partial charge in [0, 0.05) is 29.0 Å². The van der Waals surface area contributed by atoms with Crippen molar-refractivity contribution in [3.63, 3.8) is 0 Å². The molecule has 0 saturated heterocycles. The molecule has 0 bridgehead atoms. The van der Waals surface area contributed by atoms with Crippen LogP contribution in [0.3, 0.4) is 0 Å². The molecule has 0 fully saturated rings. The first kappa shape index (κ1) is 12.9. The van der Waals surface area contributed by atoms with Crippen molar-refractivity contribution in [2.45, 2.75) is 32.4 Å². The second-order valence-electron chi connectivity index (χ2n) is 4.32. The Balaban J connectivity index is 2.10. The van der Waals surface area contributed by atoms with E-state index in [0.29, 0.717) is 0 Å². The third-order valence-electron chi connectivity index (χ3n) is 3.12. The van der Waals surface area contributed by atoms with Gasteiger partial charge in [-0.15, -0.1) is 0 Å². The molecule has 0 saturated carbocycles. The van der Waals surface area contributed by atoms with E-state index in [9.17, 15) is 0 Å². The van der Waals surface area contributed by atoms with E-state index in [0.717, 1.165) is 36.2 Å². The molecular weight excluding hydrogens is 282 g/mol. The highest BCUT2D eigenvalue weighted by molar-refractivity contribution is 9.10. The normalized spacial score (nSPS) is 15.5. The molecule has 1 atom stereocenters. The van der Waals surface area contributed by atoms with E-state index in [1.807, 2.05) is 0 Å². The van der Waals surface area contributed by atoms with Crippen LogP contribution in [0.5, 0.6) is 5.75 Å². The van der Waals surface area contributed by atoms with Gasteiger partial charge in [0.1, 0.15) is 5.75 Å². The Morgan fingerprint density at radius 1 is 1.53 bits per heavy atom. The number of aliphatic hydroxyl groups excluding tert-OH is 1. The third-order valence-corrected chi connectivity index (χ3v) is 3.58. The van der Waals surface area contributed by atoms with Crippen molar-refractivity contribution in [3.05, 3.63) is 27.7 Å². The molecule has 4 heteroatoms. The maximum atomic E-state index is 9.15. The van der Waals surface area contributed by atoms with Gasteiger partial charge in [-0.25, -0.2) is 0 Å². The van der Waals surface area contributed by atoms with Gasteiger partial charge in [-0.1, -0.05) is 22.9 Å². The van der Waals surface area contributed by atoms with Gasteiger partial charge in [0.2, 0.25) is 0 Å². The fourth-order valence-corrected chi connectivity index (χ4v) is 2.62. The standard InChI is InChI=1S/C13H18BrNO2/c1-2-12(8-16)15-7-10-6-11(14)5-9-3-4-17-13(9)10/h5-6,12,15-16H,2-4,7-8H2,1H3. The van der Waals surface area contributed by atoms with Gasteiger partial charge in [0.15, 0.2) is 0 Å². The molecule has 2 rings (SSSR count). The first-order valence-corrected chi connectivity index (χ1v) is 6.82. The maximum absolute atomic E-state index is 9.15. The second-order valence-corrected chi connectivity index (χ2v) is 5.24. The van der Waals surface area contributed by atoms with Crippen LogP contribution in [0.15, 0.2) is 16.6 Å². The van der Waals surface area contributed by atoms with E-state index in [-0.39, 0.29) is 12.6 Å². The maximum Gasteiger partial charge on any atom is 0.127 e. The number of fused-ring (bicyclic) bond motifs is 1. The van der Waals surface area contributed by atoms with E-state index in [1.165, 1.54) is 11.1 Å². The van der Waals surface area contributed by atoms with Crippen LogP contribution in [0.1, 0.15) is 24.5 Å². The average molecular weight is 300 g/mol. The number of ether oxygens (including phenoxy) is 1. The number of aliphatic hydroxyl groups is 1. The van der Waals surface area contributed by atoms with E-state index in [2.05, 4.69) is 40.3 Å². The van der Waals surface area contributed by atoms with Crippen LogP contribution < -0.4 is 10.1 Å². The molecule has 1 aliphatic heterocycles. The Labute approximate surface area is 110 Å². The molecule has 3 nitrogen and oxygen atoms in total. The molecule has 1 aromatic rings. The summed E-state index contributed by atoms with van der Waals surface area (Å²) in [4.78, 5) is 0. The summed E-state index contributed by atoms with van der Waals surface area (Å²) in [5.74, 6) is 1.02. The topological polar surface area (TPSA) is 41.5 Å². The van der Waals surface area contributed by atoms with Crippen molar-refractivity contribution in [2.75, 3.05) is 13.2 Å². The zero-order valence-electron chi connectivity index (χ0n) is 10.0. The highest BCUT2D eigenvalue weighted by Gasteiger charge is 2.17. The minimum Gasteiger partial charge on any atom is -0.493 e. The lowest BCUT2D eigenvalue weighted by atomic mass is 10.1. The van der Waals surface area contributed by atoms with Crippen molar-refractivity contribution in [1.29, 1.82) is 0 Å². The molecule has 0 radical (unpaired) electrons. The molecule has 1 heterocycles. The van der Waals surface area contributed by atoms with Crippen LogP contribution >= 0.6 is 15.9 Å². The van der Waals surface area contributed by atoms with Crippen molar-refractivity contribution in [1.82, 2.24) is 5.32 Å². The highest BCUT2D eigenvalue weighted by Crippen LogP contribution is 2.32. The summed E-state index contributed by atoms with van der Waals surface area (Å²) in [6.07, 6.45) is 1.91. The Hall–Kier alpha value is -0.580. The summed E-state index contributed by atoms with van der Waals surface area (Å²) < 4.78 is 6.75. The van der Waals surface area contributed by atoms with Crippen LogP contribution in [0.4, 0.5) is 0 Å². The predicted molar refractivity (Wildman–Crippen MR) is 71.3 cm³/mol. The highest BCUT2D eigenvalue weighted by atomic mass is 79.9. The predicted octanol–water partition coefficient (Wildman–Crippen LogP) is 2.24. The molecule has 0 aliphatic carbocycles. The zero-order chi connectivity index (χ0) is 12.3. The quantitative estimate of drug-likeness (QED) is 0.876. The minimum atomic E-state index is 0.158. The van der Waals surface area contributed by atoms with Crippen molar-refractivity contribution in [3.8, 4) is 5.75 Å². The van der Waals surface area contributed by atoms with Crippen molar-refractivity contribution >= 4 is 15.9 Å². The van der Waals surface area contributed by atoms with Gasteiger partial charge in [0.05, 0.1) is 13.2 Å². The van der Waals surface area contributed by atoms with Gasteiger partial charge in [-0.3, -0.25) is 0 Å². The van der Waals surface area contributed by atoms with Crippen LogP contribution in [-0.2, 0) is 13.0 Å². The fraction of sp³-hybridized carbons (Fsp3) is 0.538. The van der Waals surface area contributed by atoms with Gasteiger partial charge in [0.25, 0.3) is 0 Å². The third kappa shape index (κ3) is 3.00. The van der Waals surface area contributed by atoms with Crippen molar-refractivity contribution < 1.29 is 9.84 Å². The van der Waals surface area contributed by atoms with Crippen LogP contribution in [0.25, 0.3) is 0 Å². The lowest BCUT2D eigenvalue weighted by molar-refractivity contribution is 0.237. The summed E-state index contributed by atoms with van der Waals surface area (Å²) in [6, 6.07) is 4.36. The zero-order valence-corrected chi connectivity index (χ0v) is 11.6. The molecule has 0 amide bonds. The van der Waals surface area contributed by atoms with Crippen LogP contribution in [0, 0.1) is 0 Å². The van der Waals surface area contributed by atoms with E-state index >= 15 is 0 Å². The Morgan fingerprint density at radius 3 is 3.06 bits per heavy atom.